The van der Waals surface area contributed by atoms with E-state index < -0.39 is 23.4 Å². The molecule has 0 saturated carbocycles. The Bertz CT molecular complexity index is 942. The van der Waals surface area contributed by atoms with Crippen LogP contribution in [0.15, 0.2) is 42.7 Å². The lowest BCUT2D eigenvalue weighted by molar-refractivity contribution is -0.137. The van der Waals surface area contributed by atoms with Crippen LogP contribution >= 0.6 is 11.6 Å². The number of alkyl halides is 3. The highest BCUT2D eigenvalue weighted by molar-refractivity contribution is 6.32. The Morgan fingerprint density at radius 1 is 1.16 bits per heavy atom. The standard InChI is InChI=1S/C15H8ClF3N4O2/c16-10-2-1-9(15(17,18)19)7-11(10)23-13(8-3-5-20-6-4-8)12(14(24)25)21-22-23/h1-7H,(H,24,25). The van der Waals surface area contributed by atoms with Gasteiger partial charge in [0, 0.05) is 18.0 Å². The lowest BCUT2D eigenvalue weighted by Gasteiger charge is -2.12. The summed E-state index contributed by atoms with van der Waals surface area (Å²) in [4.78, 5) is 15.2. The highest BCUT2D eigenvalue weighted by Crippen LogP contribution is 2.34. The van der Waals surface area contributed by atoms with Gasteiger partial charge >= 0.3 is 12.1 Å². The molecule has 0 aliphatic heterocycles. The zero-order valence-corrected chi connectivity index (χ0v) is 13.0. The van der Waals surface area contributed by atoms with Crippen LogP contribution < -0.4 is 0 Å². The van der Waals surface area contributed by atoms with Crippen molar-refractivity contribution in [1.82, 2.24) is 20.0 Å². The maximum atomic E-state index is 13.0. The van der Waals surface area contributed by atoms with E-state index in [9.17, 15) is 23.1 Å². The van der Waals surface area contributed by atoms with E-state index in [0.29, 0.717) is 5.56 Å². The SMILES string of the molecule is O=C(O)c1nnn(-c2cc(C(F)(F)F)ccc2Cl)c1-c1ccncc1. The second kappa shape index (κ2) is 6.17. The third kappa shape index (κ3) is 3.18. The fourth-order valence-corrected chi connectivity index (χ4v) is 2.41. The molecule has 0 saturated heterocycles. The predicted octanol–water partition coefficient (Wildman–Crippen LogP) is 3.70. The summed E-state index contributed by atoms with van der Waals surface area (Å²) in [5.41, 5.74) is -1.13. The fourth-order valence-electron chi connectivity index (χ4n) is 2.21. The Morgan fingerprint density at radius 2 is 1.84 bits per heavy atom. The van der Waals surface area contributed by atoms with Crippen molar-refractivity contribution >= 4 is 17.6 Å². The molecule has 0 bridgehead atoms. The van der Waals surface area contributed by atoms with E-state index in [1.807, 2.05) is 0 Å². The van der Waals surface area contributed by atoms with E-state index in [2.05, 4.69) is 15.3 Å². The molecule has 1 N–H and O–H groups in total. The molecule has 0 aliphatic rings. The van der Waals surface area contributed by atoms with Crippen molar-refractivity contribution in [2.45, 2.75) is 6.18 Å². The van der Waals surface area contributed by atoms with Crippen molar-refractivity contribution in [3.63, 3.8) is 0 Å². The molecule has 0 spiro atoms. The first-order chi connectivity index (χ1) is 11.8. The van der Waals surface area contributed by atoms with Crippen LogP contribution in [0.2, 0.25) is 5.02 Å². The highest BCUT2D eigenvalue weighted by Gasteiger charge is 2.32. The Balaban J connectivity index is 2.28. The lowest BCUT2D eigenvalue weighted by Crippen LogP contribution is -2.08. The third-order valence-corrected chi connectivity index (χ3v) is 3.65. The summed E-state index contributed by atoms with van der Waals surface area (Å²) in [5.74, 6) is -1.37. The average molecular weight is 369 g/mol. The van der Waals surface area contributed by atoms with Gasteiger partial charge in [0.05, 0.1) is 16.3 Å². The fraction of sp³-hybridized carbons (Fsp3) is 0.0667. The van der Waals surface area contributed by atoms with Crippen molar-refractivity contribution in [2.75, 3.05) is 0 Å². The van der Waals surface area contributed by atoms with Crippen molar-refractivity contribution < 1.29 is 23.1 Å². The van der Waals surface area contributed by atoms with Crippen LogP contribution in [-0.2, 0) is 6.18 Å². The average Bonchev–Trinajstić information content (AvgIpc) is 3.00. The number of nitrogens with zero attached hydrogens (tertiary/aromatic N) is 4. The minimum atomic E-state index is -4.59. The summed E-state index contributed by atoms with van der Waals surface area (Å²) >= 11 is 6.01. The third-order valence-electron chi connectivity index (χ3n) is 3.33. The zero-order valence-electron chi connectivity index (χ0n) is 12.2. The molecular formula is C15H8ClF3N4O2. The molecule has 0 radical (unpaired) electrons. The molecule has 3 aromatic rings. The van der Waals surface area contributed by atoms with Crippen molar-refractivity contribution in [3.8, 4) is 16.9 Å². The molecule has 10 heteroatoms. The van der Waals surface area contributed by atoms with Gasteiger partial charge in [-0.05, 0) is 30.3 Å². The number of pyridine rings is 1. The first kappa shape index (κ1) is 16.9. The van der Waals surface area contributed by atoms with Crippen LogP contribution in [0.3, 0.4) is 0 Å². The van der Waals surface area contributed by atoms with Gasteiger partial charge in [-0.25, -0.2) is 9.48 Å². The number of carboxylic acid groups (broad SMARTS) is 1. The van der Waals surface area contributed by atoms with E-state index in [-0.39, 0.29) is 16.4 Å². The summed E-state index contributed by atoms with van der Waals surface area (Å²) in [6.45, 7) is 0. The molecule has 3 rings (SSSR count). The summed E-state index contributed by atoms with van der Waals surface area (Å²) in [6.07, 6.45) is -1.77. The van der Waals surface area contributed by atoms with E-state index >= 15 is 0 Å². The van der Waals surface area contributed by atoms with Crippen molar-refractivity contribution in [2.24, 2.45) is 0 Å². The normalized spacial score (nSPS) is 11.5. The van der Waals surface area contributed by atoms with Gasteiger partial charge in [-0.3, -0.25) is 4.98 Å². The van der Waals surface area contributed by atoms with Crippen molar-refractivity contribution in [3.05, 3.63) is 59.0 Å². The second-order valence-corrected chi connectivity index (χ2v) is 5.31. The number of rotatable bonds is 3. The number of aromatic carboxylic acids is 1. The van der Waals surface area contributed by atoms with Crippen LogP contribution in [0.1, 0.15) is 16.1 Å². The van der Waals surface area contributed by atoms with E-state index in [0.717, 1.165) is 22.9 Å². The first-order valence-corrected chi connectivity index (χ1v) is 7.13. The number of carbonyl (C=O) groups is 1. The van der Waals surface area contributed by atoms with Crippen LogP contribution in [0.4, 0.5) is 13.2 Å². The minimum absolute atomic E-state index is 0.00359. The first-order valence-electron chi connectivity index (χ1n) is 6.75. The molecule has 2 heterocycles. The van der Waals surface area contributed by atoms with Crippen LogP contribution in [0, 0.1) is 0 Å². The van der Waals surface area contributed by atoms with Gasteiger partial charge in [-0.15, -0.1) is 5.10 Å². The monoisotopic (exact) mass is 368 g/mol. The van der Waals surface area contributed by atoms with Gasteiger partial charge in [0.1, 0.15) is 5.69 Å². The molecule has 0 unspecified atom stereocenters. The van der Waals surface area contributed by atoms with E-state index in [4.69, 9.17) is 11.6 Å². The molecule has 0 atom stereocenters. The van der Waals surface area contributed by atoms with Gasteiger partial charge in [-0.2, -0.15) is 13.2 Å². The minimum Gasteiger partial charge on any atom is -0.476 e. The number of hydrogen-bond acceptors (Lipinski definition) is 4. The number of hydrogen-bond donors (Lipinski definition) is 1. The molecular weight excluding hydrogens is 361 g/mol. The second-order valence-electron chi connectivity index (χ2n) is 4.90. The molecule has 0 fully saturated rings. The molecule has 6 nitrogen and oxygen atoms in total. The smallest absolute Gasteiger partial charge is 0.416 e. The van der Waals surface area contributed by atoms with Crippen LogP contribution in [-0.4, -0.2) is 31.1 Å². The number of benzene rings is 1. The maximum Gasteiger partial charge on any atom is 0.416 e. The Hall–Kier alpha value is -2.94. The summed E-state index contributed by atoms with van der Waals surface area (Å²) in [5, 5.41) is 16.5. The van der Waals surface area contributed by atoms with Gasteiger partial charge in [0.25, 0.3) is 0 Å². The summed E-state index contributed by atoms with van der Waals surface area (Å²) in [6, 6.07) is 5.66. The highest BCUT2D eigenvalue weighted by atomic mass is 35.5. The zero-order chi connectivity index (χ0) is 18.2. The van der Waals surface area contributed by atoms with Crippen LogP contribution in [0.5, 0.6) is 0 Å². The van der Waals surface area contributed by atoms with E-state index in [1.165, 1.54) is 24.5 Å². The number of halogens is 4. The molecule has 128 valence electrons. The largest absolute Gasteiger partial charge is 0.476 e. The summed E-state index contributed by atoms with van der Waals surface area (Å²) in [7, 11) is 0. The van der Waals surface area contributed by atoms with Crippen molar-refractivity contribution in [1.29, 1.82) is 0 Å². The van der Waals surface area contributed by atoms with Gasteiger partial charge in [0.15, 0.2) is 5.69 Å². The van der Waals surface area contributed by atoms with Crippen LogP contribution in [0.25, 0.3) is 16.9 Å². The quantitative estimate of drug-likeness (QED) is 0.762. The lowest BCUT2D eigenvalue weighted by atomic mass is 10.1. The van der Waals surface area contributed by atoms with Gasteiger partial charge in [-0.1, -0.05) is 16.8 Å². The Kier molecular flexibility index (Phi) is 4.17. The molecule has 0 amide bonds. The topological polar surface area (TPSA) is 80.9 Å². The predicted molar refractivity (Wildman–Crippen MR) is 81.6 cm³/mol. The maximum absolute atomic E-state index is 13.0. The summed E-state index contributed by atoms with van der Waals surface area (Å²) < 4.78 is 39.9. The number of carboxylic acids is 1. The Labute approximate surface area is 143 Å². The Morgan fingerprint density at radius 3 is 2.44 bits per heavy atom. The molecule has 25 heavy (non-hydrogen) atoms. The molecule has 1 aromatic carbocycles. The van der Waals surface area contributed by atoms with Gasteiger partial charge < -0.3 is 5.11 Å². The van der Waals surface area contributed by atoms with Gasteiger partial charge in [0.2, 0.25) is 0 Å². The molecule has 0 aliphatic carbocycles. The van der Waals surface area contributed by atoms with E-state index in [1.54, 1.807) is 0 Å². The molecule has 2 aromatic heterocycles. The number of aromatic nitrogens is 4.